The van der Waals surface area contributed by atoms with Crippen LogP contribution in [0.5, 0.6) is 0 Å². The van der Waals surface area contributed by atoms with Crippen molar-refractivity contribution in [2.75, 3.05) is 0 Å². The van der Waals surface area contributed by atoms with E-state index in [1.807, 2.05) is 12.1 Å². The highest BCUT2D eigenvalue weighted by Crippen LogP contribution is 2.22. The van der Waals surface area contributed by atoms with Gasteiger partial charge in [-0.15, -0.1) is 0 Å². The lowest BCUT2D eigenvalue weighted by atomic mass is 10.1. The highest BCUT2D eigenvalue weighted by molar-refractivity contribution is 5.65. The van der Waals surface area contributed by atoms with Crippen LogP contribution in [0.3, 0.4) is 0 Å². The molecular weight excluding hydrogens is 360 g/mol. The van der Waals surface area contributed by atoms with Gasteiger partial charge in [-0.3, -0.25) is 20.2 Å². The molecule has 2 aromatic carbocycles. The number of nitriles is 2. The predicted molar refractivity (Wildman–Crippen MR) is 103 cm³/mol. The third-order valence-electron chi connectivity index (χ3n) is 3.60. The van der Waals surface area contributed by atoms with E-state index in [0.717, 1.165) is 0 Å². The molecule has 0 radical (unpaired) electrons. The maximum absolute atomic E-state index is 11.1. The van der Waals surface area contributed by atoms with Crippen molar-refractivity contribution in [3.8, 4) is 12.1 Å². The van der Waals surface area contributed by atoms with E-state index >= 15 is 0 Å². The zero-order valence-corrected chi connectivity index (χ0v) is 14.4. The minimum atomic E-state index is -0.561. The van der Waals surface area contributed by atoms with Gasteiger partial charge in [-0.25, -0.2) is 0 Å². The fourth-order valence-electron chi connectivity index (χ4n) is 2.27. The molecule has 0 N–H and O–H groups in total. The van der Waals surface area contributed by atoms with Gasteiger partial charge in [0.05, 0.1) is 44.2 Å². The van der Waals surface area contributed by atoms with E-state index in [1.54, 1.807) is 24.3 Å². The second kappa shape index (κ2) is 9.22. The van der Waals surface area contributed by atoms with E-state index in [4.69, 9.17) is 10.5 Å². The van der Waals surface area contributed by atoms with Crippen LogP contribution in [0.4, 0.5) is 11.4 Å². The summed E-state index contributed by atoms with van der Waals surface area (Å²) in [4.78, 5) is 21.0. The van der Waals surface area contributed by atoms with Crippen molar-refractivity contribution in [1.29, 1.82) is 10.5 Å². The monoisotopic (exact) mass is 372 g/mol. The molecule has 0 bridgehead atoms. The Morgan fingerprint density at radius 2 is 1.11 bits per heavy atom. The van der Waals surface area contributed by atoms with E-state index in [1.165, 1.54) is 48.6 Å². The number of allylic oxidation sites excluding steroid dienone is 4. The summed E-state index contributed by atoms with van der Waals surface area (Å²) in [5.41, 5.74) is 0.748. The summed E-state index contributed by atoms with van der Waals surface area (Å²) in [6, 6.07) is 12.0. The molecule has 0 aliphatic rings. The molecule has 0 fully saturated rings. The minimum absolute atomic E-state index is 0.174. The molecule has 0 aliphatic carbocycles. The molecule has 0 heterocycles. The second-order valence-corrected chi connectivity index (χ2v) is 5.39. The Bertz CT molecular complexity index is 1010. The van der Waals surface area contributed by atoms with Gasteiger partial charge in [0.25, 0.3) is 11.4 Å². The number of hydrogen-bond acceptors (Lipinski definition) is 6. The third-order valence-corrected chi connectivity index (χ3v) is 3.60. The lowest BCUT2D eigenvalue weighted by Gasteiger charge is -1.97. The summed E-state index contributed by atoms with van der Waals surface area (Å²) in [5, 5.41) is 39.8. The summed E-state index contributed by atoms with van der Waals surface area (Å²) < 4.78 is 0. The van der Waals surface area contributed by atoms with Crippen molar-refractivity contribution in [2.45, 2.75) is 0 Å². The molecule has 0 spiro atoms. The zero-order chi connectivity index (χ0) is 20.5. The Hall–Kier alpha value is -4.56. The number of rotatable bonds is 6. The molecule has 0 aromatic heterocycles. The van der Waals surface area contributed by atoms with E-state index in [9.17, 15) is 20.2 Å². The number of benzene rings is 2. The number of nitro benzene ring substituents is 2. The Kier molecular flexibility index (Phi) is 6.51. The summed E-state index contributed by atoms with van der Waals surface area (Å²) in [5.74, 6) is 0. The molecular formula is C20H12N4O4. The van der Waals surface area contributed by atoms with Gasteiger partial charge in [0, 0.05) is 12.1 Å². The van der Waals surface area contributed by atoms with E-state index in [0.29, 0.717) is 11.1 Å². The van der Waals surface area contributed by atoms with Crippen LogP contribution in [-0.4, -0.2) is 9.85 Å². The van der Waals surface area contributed by atoms with Crippen LogP contribution in [0.2, 0.25) is 0 Å². The van der Waals surface area contributed by atoms with Crippen LogP contribution in [0.25, 0.3) is 12.2 Å². The molecule has 2 rings (SSSR count). The minimum Gasteiger partial charge on any atom is -0.258 e. The SMILES string of the molecule is N#Cc1ccc(C=CC=CC=Cc2ccc(C#N)cc2[N+](=O)[O-])c([N+](=O)[O-])c1. The van der Waals surface area contributed by atoms with Gasteiger partial charge in [-0.2, -0.15) is 10.5 Å². The Morgan fingerprint density at radius 3 is 1.43 bits per heavy atom. The van der Waals surface area contributed by atoms with E-state index in [2.05, 4.69) is 0 Å². The van der Waals surface area contributed by atoms with Gasteiger partial charge in [-0.1, -0.05) is 24.3 Å². The van der Waals surface area contributed by atoms with Crippen molar-refractivity contribution in [1.82, 2.24) is 0 Å². The highest BCUT2D eigenvalue weighted by atomic mass is 16.6. The fraction of sp³-hybridized carbons (Fsp3) is 0. The summed E-state index contributed by atoms with van der Waals surface area (Å²) in [6.07, 6.45) is 9.40. The van der Waals surface area contributed by atoms with E-state index in [-0.39, 0.29) is 22.5 Å². The van der Waals surface area contributed by atoms with Crippen molar-refractivity contribution < 1.29 is 9.85 Å². The first kappa shape index (κ1) is 19.8. The molecule has 0 saturated carbocycles. The predicted octanol–water partition coefficient (Wildman–Crippen LogP) is 4.53. The maximum atomic E-state index is 11.1. The van der Waals surface area contributed by atoms with Gasteiger partial charge in [-0.05, 0) is 36.4 Å². The summed E-state index contributed by atoms with van der Waals surface area (Å²) in [7, 11) is 0. The summed E-state index contributed by atoms with van der Waals surface area (Å²) in [6.45, 7) is 0. The first-order chi connectivity index (χ1) is 13.5. The first-order valence-corrected chi connectivity index (χ1v) is 7.84. The van der Waals surface area contributed by atoms with E-state index < -0.39 is 9.85 Å². The van der Waals surface area contributed by atoms with Crippen LogP contribution in [0.1, 0.15) is 22.3 Å². The normalized spacial score (nSPS) is 10.9. The Morgan fingerprint density at radius 1 is 0.714 bits per heavy atom. The fourth-order valence-corrected chi connectivity index (χ4v) is 2.27. The average molecular weight is 372 g/mol. The topological polar surface area (TPSA) is 134 Å². The molecule has 0 amide bonds. The number of hydrogen-bond donors (Lipinski definition) is 0. The van der Waals surface area contributed by atoms with Gasteiger partial charge in [0.2, 0.25) is 0 Å². The first-order valence-electron chi connectivity index (χ1n) is 7.84. The van der Waals surface area contributed by atoms with Crippen LogP contribution in [-0.2, 0) is 0 Å². The standard InChI is InChI=1S/C20H12N4O4/c21-13-15-7-9-17(19(11-15)23(25)26)5-3-1-2-4-6-18-10-8-16(14-22)12-20(18)24(27)28/h1-12H. The quantitative estimate of drug-likeness (QED) is 0.415. The second-order valence-electron chi connectivity index (χ2n) is 5.39. The van der Waals surface area contributed by atoms with Crippen LogP contribution >= 0.6 is 0 Å². The third kappa shape index (κ3) is 4.97. The molecule has 28 heavy (non-hydrogen) atoms. The van der Waals surface area contributed by atoms with Crippen LogP contribution in [0, 0.1) is 42.9 Å². The number of nitro groups is 2. The summed E-state index contributed by atoms with van der Waals surface area (Å²) >= 11 is 0. The van der Waals surface area contributed by atoms with Crippen molar-refractivity contribution in [3.05, 3.63) is 103 Å². The van der Waals surface area contributed by atoms with Gasteiger partial charge < -0.3 is 0 Å². The maximum Gasteiger partial charge on any atom is 0.277 e. The van der Waals surface area contributed by atoms with Crippen LogP contribution < -0.4 is 0 Å². The lowest BCUT2D eigenvalue weighted by Crippen LogP contribution is -1.92. The largest absolute Gasteiger partial charge is 0.277 e. The van der Waals surface area contributed by atoms with Crippen molar-refractivity contribution in [2.24, 2.45) is 0 Å². The van der Waals surface area contributed by atoms with Gasteiger partial charge in [0.1, 0.15) is 0 Å². The lowest BCUT2D eigenvalue weighted by molar-refractivity contribution is -0.385. The molecule has 136 valence electrons. The molecule has 2 aromatic rings. The molecule has 8 heteroatoms. The average Bonchev–Trinajstić information content (AvgIpc) is 2.70. The van der Waals surface area contributed by atoms with Crippen molar-refractivity contribution >= 4 is 23.5 Å². The van der Waals surface area contributed by atoms with Gasteiger partial charge in [0.15, 0.2) is 0 Å². The smallest absolute Gasteiger partial charge is 0.258 e. The van der Waals surface area contributed by atoms with Gasteiger partial charge >= 0.3 is 0 Å². The van der Waals surface area contributed by atoms with Crippen molar-refractivity contribution in [3.63, 3.8) is 0 Å². The number of nitrogens with zero attached hydrogens (tertiary/aromatic N) is 4. The van der Waals surface area contributed by atoms with Crippen LogP contribution in [0.15, 0.2) is 60.7 Å². The molecule has 8 nitrogen and oxygen atoms in total. The molecule has 0 unspecified atom stereocenters. The zero-order valence-electron chi connectivity index (χ0n) is 14.4. The highest BCUT2D eigenvalue weighted by Gasteiger charge is 2.12. The molecule has 0 saturated heterocycles. The Balaban J connectivity index is 2.15. The Labute approximate surface area is 159 Å². The molecule has 0 atom stereocenters. The molecule has 0 aliphatic heterocycles.